The van der Waals surface area contributed by atoms with Crippen LogP contribution in [0.2, 0.25) is 0 Å². The highest BCUT2D eigenvalue weighted by atomic mass is 15.0. The minimum atomic E-state index is 0.327. The summed E-state index contributed by atoms with van der Waals surface area (Å²) in [6, 6.07) is 4.00. The van der Waals surface area contributed by atoms with E-state index in [1.165, 1.54) is 6.20 Å². The van der Waals surface area contributed by atoms with Crippen LogP contribution in [0.4, 0.5) is 11.5 Å². The first-order valence-corrected chi connectivity index (χ1v) is 6.04. The van der Waals surface area contributed by atoms with Crippen molar-refractivity contribution >= 4 is 11.5 Å². The van der Waals surface area contributed by atoms with Crippen LogP contribution in [-0.4, -0.2) is 11.0 Å². The standard InChI is InChI=1S/C13H20N4/c1-4-11(5-2)9(3)17-13-12(15)6-10(7-14)8-16-13/h6,8-9,11H,4-5,15H2,1-3H3,(H,16,17). The summed E-state index contributed by atoms with van der Waals surface area (Å²) in [5, 5.41) is 12.1. The number of nitriles is 1. The Labute approximate surface area is 103 Å². The van der Waals surface area contributed by atoms with E-state index in [9.17, 15) is 0 Å². The highest BCUT2D eigenvalue weighted by molar-refractivity contribution is 5.63. The number of aromatic nitrogens is 1. The van der Waals surface area contributed by atoms with Gasteiger partial charge in [0, 0.05) is 12.2 Å². The first-order valence-electron chi connectivity index (χ1n) is 6.04. The monoisotopic (exact) mass is 232 g/mol. The molecule has 0 aromatic carbocycles. The molecule has 1 atom stereocenters. The normalized spacial score (nSPS) is 12.2. The number of rotatable bonds is 5. The van der Waals surface area contributed by atoms with Crippen molar-refractivity contribution < 1.29 is 0 Å². The molecular formula is C13H20N4. The second-order valence-corrected chi connectivity index (χ2v) is 4.28. The van der Waals surface area contributed by atoms with Crippen LogP contribution in [0.5, 0.6) is 0 Å². The minimum absolute atomic E-state index is 0.327. The molecule has 0 saturated heterocycles. The number of anilines is 2. The Morgan fingerprint density at radius 3 is 2.59 bits per heavy atom. The van der Waals surface area contributed by atoms with Gasteiger partial charge in [-0.15, -0.1) is 0 Å². The molecular weight excluding hydrogens is 212 g/mol. The van der Waals surface area contributed by atoms with E-state index in [2.05, 4.69) is 31.1 Å². The van der Waals surface area contributed by atoms with E-state index in [0.717, 1.165) is 12.8 Å². The molecule has 17 heavy (non-hydrogen) atoms. The van der Waals surface area contributed by atoms with Crippen LogP contribution in [0.1, 0.15) is 39.2 Å². The van der Waals surface area contributed by atoms with E-state index in [1.807, 2.05) is 6.07 Å². The molecule has 1 aromatic rings. The highest BCUT2D eigenvalue weighted by Gasteiger charge is 2.14. The third kappa shape index (κ3) is 3.35. The fraction of sp³-hybridized carbons (Fsp3) is 0.538. The second-order valence-electron chi connectivity index (χ2n) is 4.28. The number of nitrogens with one attached hydrogen (secondary N) is 1. The van der Waals surface area contributed by atoms with Crippen LogP contribution in [0.15, 0.2) is 12.3 Å². The zero-order valence-corrected chi connectivity index (χ0v) is 10.7. The van der Waals surface area contributed by atoms with Gasteiger partial charge >= 0.3 is 0 Å². The van der Waals surface area contributed by atoms with E-state index in [4.69, 9.17) is 11.0 Å². The third-order valence-electron chi connectivity index (χ3n) is 3.17. The topological polar surface area (TPSA) is 74.7 Å². The van der Waals surface area contributed by atoms with Crippen LogP contribution in [0.25, 0.3) is 0 Å². The quantitative estimate of drug-likeness (QED) is 0.818. The number of nitrogens with zero attached hydrogens (tertiary/aromatic N) is 2. The molecule has 0 aliphatic heterocycles. The van der Waals surface area contributed by atoms with Crippen LogP contribution in [0.3, 0.4) is 0 Å². The van der Waals surface area contributed by atoms with Crippen LogP contribution in [0, 0.1) is 17.2 Å². The zero-order chi connectivity index (χ0) is 12.8. The molecule has 0 fully saturated rings. The van der Waals surface area contributed by atoms with Crippen molar-refractivity contribution in [3.8, 4) is 6.07 Å². The molecule has 4 heteroatoms. The van der Waals surface area contributed by atoms with Gasteiger partial charge in [0.15, 0.2) is 0 Å². The molecule has 1 aromatic heterocycles. The minimum Gasteiger partial charge on any atom is -0.396 e. The summed E-state index contributed by atoms with van der Waals surface area (Å²) < 4.78 is 0. The summed E-state index contributed by atoms with van der Waals surface area (Å²) in [5.74, 6) is 1.27. The van der Waals surface area contributed by atoms with Crippen molar-refractivity contribution in [1.82, 2.24) is 4.98 Å². The first-order chi connectivity index (χ1) is 8.12. The molecule has 0 aliphatic rings. The maximum atomic E-state index is 8.73. The van der Waals surface area contributed by atoms with Crippen molar-refractivity contribution in [3.05, 3.63) is 17.8 Å². The lowest BCUT2D eigenvalue weighted by molar-refractivity contribution is 0.437. The van der Waals surface area contributed by atoms with Crippen LogP contribution >= 0.6 is 0 Å². The Kier molecular flexibility index (Phi) is 4.77. The maximum absolute atomic E-state index is 8.73. The molecule has 0 amide bonds. The molecule has 92 valence electrons. The first kappa shape index (κ1) is 13.3. The number of nitrogens with two attached hydrogens (primary N) is 1. The van der Waals surface area contributed by atoms with Crippen molar-refractivity contribution in [1.29, 1.82) is 5.26 Å². The van der Waals surface area contributed by atoms with Gasteiger partial charge in [-0.2, -0.15) is 5.26 Å². The molecule has 0 saturated carbocycles. The summed E-state index contributed by atoms with van der Waals surface area (Å²) in [5.41, 5.74) is 6.87. The van der Waals surface area contributed by atoms with E-state index in [-0.39, 0.29) is 0 Å². The summed E-state index contributed by atoms with van der Waals surface area (Å²) in [6.45, 7) is 6.50. The molecule has 0 aliphatic carbocycles. The van der Waals surface area contributed by atoms with Gasteiger partial charge in [-0.25, -0.2) is 4.98 Å². The van der Waals surface area contributed by atoms with Gasteiger partial charge in [0.1, 0.15) is 11.9 Å². The van der Waals surface area contributed by atoms with E-state index in [0.29, 0.717) is 29.0 Å². The molecule has 0 radical (unpaired) electrons. The maximum Gasteiger partial charge on any atom is 0.149 e. The number of hydrogen-bond acceptors (Lipinski definition) is 4. The molecule has 3 N–H and O–H groups in total. The Balaban J connectivity index is 2.78. The third-order valence-corrected chi connectivity index (χ3v) is 3.17. The lowest BCUT2D eigenvalue weighted by Gasteiger charge is -2.23. The Morgan fingerprint density at radius 2 is 2.12 bits per heavy atom. The molecule has 4 nitrogen and oxygen atoms in total. The van der Waals surface area contributed by atoms with Gasteiger partial charge in [0.25, 0.3) is 0 Å². The van der Waals surface area contributed by atoms with Crippen molar-refractivity contribution in [2.24, 2.45) is 5.92 Å². The fourth-order valence-corrected chi connectivity index (χ4v) is 1.99. The van der Waals surface area contributed by atoms with E-state index >= 15 is 0 Å². The molecule has 0 bridgehead atoms. The fourth-order valence-electron chi connectivity index (χ4n) is 1.99. The molecule has 0 spiro atoms. The summed E-state index contributed by atoms with van der Waals surface area (Å²) in [7, 11) is 0. The average molecular weight is 232 g/mol. The lowest BCUT2D eigenvalue weighted by atomic mass is 9.95. The number of nitrogen functional groups attached to an aromatic ring is 1. The van der Waals surface area contributed by atoms with Gasteiger partial charge in [0.2, 0.25) is 0 Å². The predicted molar refractivity (Wildman–Crippen MR) is 70.5 cm³/mol. The smallest absolute Gasteiger partial charge is 0.149 e. The molecule has 1 unspecified atom stereocenters. The summed E-state index contributed by atoms with van der Waals surface area (Å²) in [6.07, 6.45) is 3.79. The van der Waals surface area contributed by atoms with Gasteiger partial charge in [-0.3, -0.25) is 0 Å². The van der Waals surface area contributed by atoms with Gasteiger partial charge in [-0.05, 0) is 18.9 Å². The highest BCUT2D eigenvalue weighted by Crippen LogP contribution is 2.21. The van der Waals surface area contributed by atoms with E-state index < -0.39 is 0 Å². The van der Waals surface area contributed by atoms with E-state index in [1.54, 1.807) is 6.07 Å². The second kappa shape index (κ2) is 6.09. The number of pyridine rings is 1. The van der Waals surface area contributed by atoms with Gasteiger partial charge in [-0.1, -0.05) is 26.7 Å². The largest absolute Gasteiger partial charge is 0.396 e. The van der Waals surface area contributed by atoms with Crippen molar-refractivity contribution in [2.75, 3.05) is 11.1 Å². The van der Waals surface area contributed by atoms with Crippen molar-refractivity contribution in [2.45, 2.75) is 39.7 Å². The zero-order valence-electron chi connectivity index (χ0n) is 10.7. The molecule has 1 heterocycles. The van der Waals surface area contributed by atoms with Crippen LogP contribution in [-0.2, 0) is 0 Å². The lowest BCUT2D eigenvalue weighted by Crippen LogP contribution is -2.26. The van der Waals surface area contributed by atoms with Crippen LogP contribution < -0.4 is 11.1 Å². The Hall–Kier alpha value is -1.76. The number of hydrogen-bond donors (Lipinski definition) is 2. The molecule has 1 rings (SSSR count). The van der Waals surface area contributed by atoms with Gasteiger partial charge in [0.05, 0.1) is 11.3 Å². The average Bonchev–Trinajstić information content (AvgIpc) is 2.33. The summed E-state index contributed by atoms with van der Waals surface area (Å²) >= 11 is 0. The Bertz CT molecular complexity index is 404. The Morgan fingerprint density at radius 1 is 1.47 bits per heavy atom. The SMILES string of the molecule is CCC(CC)C(C)Nc1ncc(C#N)cc1N. The predicted octanol–water partition coefficient (Wildman–Crippen LogP) is 2.77. The summed E-state index contributed by atoms with van der Waals surface area (Å²) in [4.78, 5) is 4.18. The van der Waals surface area contributed by atoms with Crippen molar-refractivity contribution in [3.63, 3.8) is 0 Å². The van der Waals surface area contributed by atoms with Gasteiger partial charge < -0.3 is 11.1 Å².